The standard InChI is InChI=1S/C18H22N4O3/c1-12-4-5-14(9-19-12)18(23)22-8-2-3-15(10-22)24-11-16-20-17(21-25-16)13-6-7-13/h4-5,9,13,15H,2-3,6-8,10-11H2,1H3. The largest absolute Gasteiger partial charge is 0.367 e. The molecule has 1 aliphatic heterocycles. The molecule has 0 spiro atoms. The summed E-state index contributed by atoms with van der Waals surface area (Å²) < 4.78 is 11.1. The number of ether oxygens (including phenoxy) is 1. The first kappa shape index (κ1) is 16.2. The van der Waals surface area contributed by atoms with Crippen LogP contribution in [0.1, 0.15) is 59.4 Å². The molecule has 25 heavy (non-hydrogen) atoms. The molecule has 2 aromatic heterocycles. The van der Waals surface area contributed by atoms with Crippen molar-refractivity contribution < 1.29 is 14.1 Å². The first-order valence-corrected chi connectivity index (χ1v) is 8.85. The Morgan fingerprint density at radius 3 is 3.00 bits per heavy atom. The predicted molar refractivity (Wildman–Crippen MR) is 89.0 cm³/mol. The Morgan fingerprint density at radius 2 is 2.24 bits per heavy atom. The van der Waals surface area contributed by atoms with E-state index in [9.17, 15) is 4.79 Å². The van der Waals surface area contributed by atoms with Gasteiger partial charge in [0.15, 0.2) is 5.82 Å². The van der Waals surface area contributed by atoms with Crippen molar-refractivity contribution in [3.63, 3.8) is 0 Å². The van der Waals surface area contributed by atoms with Crippen LogP contribution in [0.25, 0.3) is 0 Å². The molecule has 2 aromatic rings. The maximum Gasteiger partial charge on any atom is 0.255 e. The Labute approximate surface area is 146 Å². The Kier molecular flexibility index (Phi) is 4.48. The van der Waals surface area contributed by atoms with Crippen molar-refractivity contribution in [2.24, 2.45) is 0 Å². The molecule has 132 valence electrons. The van der Waals surface area contributed by atoms with Gasteiger partial charge in [0.2, 0.25) is 0 Å². The average molecular weight is 342 g/mol. The number of likely N-dealkylation sites (tertiary alicyclic amines) is 1. The smallest absolute Gasteiger partial charge is 0.255 e. The van der Waals surface area contributed by atoms with Crippen LogP contribution in [-0.4, -0.2) is 45.1 Å². The molecule has 0 N–H and O–H groups in total. The van der Waals surface area contributed by atoms with E-state index in [0.29, 0.717) is 30.5 Å². The molecule has 1 unspecified atom stereocenters. The number of carbonyl (C=O) groups is 1. The fraction of sp³-hybridized carbons (Fsp3) is 0.556. The van der Waals surface area contributed by atoms with Crippen LogP contribution in [0.2, 0.25) is 0 Å². The lowest BCUT2D eigenvalue weighted by Gasteiger charge is -2.32. The number of nitrogens with zero attached hydrogens (tertiary/aromatic N) is 4. The summed E-state index contributed by atoms with van der Waals surface area (Å²) in [5, 5.41) is 3.99. The highest BCUT2D eigenvalue weighted by molar-refractivity contribution is 5.94. The topological polar surface area (TPSA) is 81.4 Å². The summed E-state index contributed by atoms with van der Waals surface area (Å²) in [4.78, 5) is 23.0. The van der Waals surface area contributed by atoms with Gasteiger partial charge in [0.1, 0.15) is 6.61 Å². The molecule has 4 rings (SSSR count). The van der Waals surface area contributed by atoms with E-state index >= 15 is 0 Å². The molecule has 0 radical (unpaired) electrons. The number of pyridine rings is 1. The van der Waals surface area contributed by atoms with Gasteiger partial charge in [-0.2, -0.15) is 4.98 Å². The molecule has 7 nitrogen and oxygen atoms in total. The van der Waals surface area contributed by atoms with Gasteiger partial charge in [-0.25, -0.2) is 0 Å². The van der Waals surface area contributed by atoms with Crippen LogP contribution in [-0.2, 0) is 11.3 Å². The second kappa shape index (κ2) is 6.92. The molecule has 1 saturated carbocycles. The van der Waals surface area contributed by atoms with E-state index in [2.05, 4.69) is 15.1 Å². The molecule has 2 fully saturated rings. The predicted octanol–water partition coefficient (Wildman–Crippen LogP) is 2.47. The van der Waals surface area contributed by atoms with Crippen LogP contribution >= 0.6 is 0 Å². The number of aryl methyl sites for hydroxylation is 1. The maximum atomic E-state index is 12.6. The van der Waals surface area contributed by atoms with Crippen LogP contribution in [0.3, 0.4) is 0 Å². The quantitative estimate of drug-likeness (QED) is 0.830. The number of amides is 1. The van der Waals surface area contributed by atoms with Gasteiger partial charge >= 0.3 is 0 Å². The van der Waals surface area contributed by atoms with Gasteiger partial charge in [-0.15, -0.1) is 0 Å². The van der Waals surface area contributed by atoms with Crippen LogP contribution in [0.5, 0.6) is 0 Å². The number of hydrogen-bond donors (Lipinski definition) is 0. The molecular formula is C18H22N4O3. The number of rotatable bonds is 5. The van der Waals surface area contributed by atoms with Crippen molar-refractivity contribution in [3.8, 4) is 0 Å². The number of aromatic nitrogens is 3. The van der Waals surface area contributed by atoms with Crippen molar-refractivity contribution in [1.82, 2.24) is 20.0 Å². The summed E-state index contributed by atoms with van der Waals surface area (Å²) in [6, 6.07) is 3.69. The molecule has 0 bridgehead atoms. The van der Waals surface area contributed by atoms with Crippen LogP contribution in [0.15, 0.2) is 22.9 Å². The molecule has 1 aliphatic carbocycles. The van der Waals surface area contributed by atoms with Crippen molar-refractivity contribution in [2.45, 2.75) is 51.2 Å². The van der Waals surface area contributed by atoms with E-state index in [1.807, 2.05) is 24.0 Å². The zero-order valence-corrected chi connectivity index (χ0v) is 14.4. The lowest BCUT2D eigenvalue weighted by Crippen LogP contribution is -2.43. The van der Waals surface area contributed by atoms with Crippen LogP contribution in [0.4, 0.5) is 0 Å². The second-order valence-electron chi connectivity index (χ2n) is 6.84. The summed E-state index contributed by atoms with van der Waals surface area (Å²) >= 11 is 0. The van der Waals surface area contributed by atoms with Crippen molar-refractivity contribution in [3.05, 3.63) is 41.3 Å². The summed E-state index contributed by atoms with van der Waals surface area (Å²) in [7, 11) is 0. The van der Waals surface area contributed by atoms with E-state index in [4.69, 9.17) is 9.26 Å². The highest BCUT2D eigenvalue weighted by atomic mass is 16.5. The van der Waals surface area contributed by atoms with Crippen molar-refractivity contribution in [2.75, 3.05) is 13.1 Å². The Bertz CT molecular complexity index is 739. The summed E-state index contributed by atoms with van der Waals surface area (Å²) in [6.07, 6.45) is 5.78. The molecule has 3 heterocycles. The summed E-state index contributed by atoms with van der Waals surface area (Å²) in [6.45, 7) is 3.54. The first-order chi connectivity index (χ1) is 12.2. The number of carbonyl (C=O) groups excluding carboxylic acids is 1. The Morgan fingerprint density at radius 1 is 1.36 bits per heavy atom. The fourth-order valence-electron chi connectivity index (χ4n) is 3.06. The van der Waals surface area contributed by atoms with E-state index < -0.39 is 0 Å². The minimum atomic E-state index is -0.00705. The zero-order chi connectivity index (χ0) is 17.2. The minimum Gasteiger partial charge on any atom is -0.367 e. The molecular weight excluding hydrogens is 320 g/mol. The molecule has 2 aliphatic rings. The van der Waals surface area contributed by atoms with Gasteiger partial charge in [-0.3, -0.25) is 9.78 Å². The number of hydrogen-bond acceptors (Lipinski definition) is 6. The molecule has 1 saturated heterocycles. The third kappa shape index (κ3) is 3.87. The van der Waals surface area contributed by atoms with Crippen LogP contribution in [0, 0.1) is 6.92 Å². The number of piperidine rings is 1. The molecule has 1 atom stereocenters. The van der Waals surface area contributed by atoms with E-state index in [1.165, 1.54) is 0 Å². The molecule has 7 heteroatoms. The summed E-state index contributed by atoms with van der Waals surface area (Å²) in [5.41, 5.74) is 1.53. The Balaban J connectivity index is 1.32. The third-order valence-electron chi connectivity index (χ3n) is 4.69. The fourth-order valence-corrected chi connectivity index (χ4v) is 3.06. The lowest BCUT2D eigenvalue weighted by molar-refractivity contribution is -0.0153. The van der Waals surface area contributed by atoms with Gasteiger partial charge in [-0.05, 0) is 44.7 Å². The van der Waals surface area contributed by atoms with Gasteiger partial charge in [0.05, 0.1) is 11.7 Å². The van der Waals surface area contributed by atoms with Crippen molar-refractivity contribution in [1.29, 1.82) is 0 Å². The van der Waals surface area contributed by atoms with Crippen molar-refractivity contribution >= 4 is 5.91 Å². The van der Waals surface area contributed by atoms with Gasteiger partial charge in [0, 0.05) is 30.9 Å². The maximum absolute atomic E-state index is 12.6. The van der Waals surface area contributed by atoms with E-state index in [-0.39, 0.29) is 12.0 Å². The lowest BCUT2D eigenvalue weighted by atomic mass is 10.1. The molecule has 0 aromatic carbocycles. The highest BCUT2D eigenvalue weighted by Crippen LogP contribution is 2.38. The third-order valence-corrected chi connectivity index (χ3v) is 4.69. The van der Waals surface area contributed by atoms with Crippen LogP contribution < -0.4 is 0 Å². The normalized spacial score (nSPS) is 20.7. The Hall–Kier alpha value is -2.28. The van der Waals surface area contributed by atoms with Gasteiger partial charge in [-0.1, -0.05) is 5.16 Å². The average Bonchev–Trinajstić information content (AvgIpc) is 3.39. The first-order valence-electron chi connectivity index (χ1n) is 8.85. The monoisotopic (exact) mass is 342 g/mol. The highest BCUT2D eigenvalue weighted by Gasteiger charge is 2.29. The van der Waals surface area contributed by atoms with Gasteiger partial charge in [0.25, 0.3) is 11.8 Å². The summed E-state index contributed by atoms with van der Waals surface area (Å²) in [5.74, 6) is 1.80. The SMILES string of the molecule is Cc1ccc(C(=O)N2CCCC(OCc3nc(C4CC4)no3)C2)cn1. The molecule has 1 amide bonds. The van der Waals surface area contributed by atoms with E-state index in [0.717, 1.165) is 43.7 Å². The minimum absolute atomic E-state index is 0.00705. The zero-order valence-electron chi connectivity index (χ0n) is 14.4. The van der Waals surface area contributed by atoms with Gasteiger partial charge < -0.3 is 14.2 Å². The van der Waals surface area contributed by atoms with E-state index in [1.54, 1.807) is 6.20 Å². The second-order valence-corrected chi connectivity index (χ2v) is 6.84.